The maximum Gasteiger partial charge on any atom is 0.269 e. The number of nitrogens with one attached hydrogen (secondary N) is 1. The maximum atomic E-state index is 13.0. The molecule has 8 nitrogen and oxygen atoms in total. The van der Waals surface area contributed by atoms with E-state index in [1.807, 2.05) is 32.0 Å². The predicted molar refractivity (Wildman–Crippen MR) is 113 cm³/mol. The van der Waals surface area contributed by atoms with Crippen LogP contribution in [0.3, 0.4) is 0 Å². The Hall–Kier alpha value is -3.26. The molecule has 30 heavy (non-hydrogen) atoms. The Morgan fingerprint density at radius 1 is 1.20 bits per heavy atom. The van der Waals surface area contributed by atoms with Gasteiger partial charge in [0, 0.05) is 36.5 Å². The van der Waals surface area contributed by atoms with Crippen molar-refractivity contribution in [3.05, 3.63) is 69.3 Å². The van der Waals surface area contributed by atoms with Crippen molar-refractivity contribution in [2.24, 2.45) is 0 Å². The largest absolute Gasteiger partial charge is 0.376 e. The molecule has 1 saturated heterocycles. The van der Waals surface area contributed by atoms with Crippen LogP contribution in [-0.4, -0.2) is 47.4 Å². The standard InChI is InChI=1S/C22H25N3O5/c1-15-5-3-7-20(16(15)2)23-21(26)14-24(13-19-6-4-12-30-19)22(27)17-8-10-18(11-9-17)25(28)29/h3,5,7-11,19H,4,6,12-14H2,1-2H3,(H,23,26)/t19-/m1/s1. The van der Waals surface area contributed by atoms with Crippen LogP contribution < -0.4 is 5.32 Å². The maximum absolute atomic E-state index is 13.0. The van der Waals surface area contributed by atoms with Crippen molar-refractivity contribution in [3.63, 3.8) is 0 Å². The molecule has 2 amide bonds. The monoisotopic (exact) mass is 411 g/mol. The van der Waals surface area contributed by atoms with Crippen LogP contribution in [0, 0.1) is 24.0 Å². The van der Waals surface area contributed by atoms with Gasteiger partial charge >= 0.3 is 0 Å². The molecule has 158 valence electrons. The number of amides is 2. The van der Waals surface area contributed by atoms with E-state index in [4.69, 9.17) is 4.74 Å². The summed E-state index contributed by atoms with van der Waals surface area (Å²) >= 11 is 0. The summed E-state index contributed by atoms with van der Waals surface area (Å²) in [6.45, 7) is 4.68. The molecule has 0 spiro atoms. The molecular formula is C22H25N3O5. The molecule has 0 bridgehead atoms. The van der Waals surface area contributed by atoms with Gasteiger partial charge in [-0.05, 0) is 56.0 Å². The Balaban J connectivity index is 1.75. The van der Waals surface area contributed by atoms with Crippen LogP contribution in [-0.2, 0) is 9.53 Å². The molecule has 1 aliphatic heterocycles. The highest BCUT2D eigenvalue weighted by Gasteiger charge is 2.25. The zero-order chi connectivity index (χ0) is 21.7. The van der Waals surface area contributed by atoms with E-state index in [1.165, 1.54) is 29.2 Å². The number of carbonyl (C=O) groups is 2. The molecule has 0 radical (unpaired) electrons. The predicted octanol–water partition coefficient (Wildman–Crippen LogP) is 3.47. The number of hydrogen-bond acceptors (Lipinski definition) is 5. The van der Waals surface area contributed by atoms with Crippen LogP contribution >= 0.6 is 0 Å². The van der Waals surface area contributed by atoms with E-state index in [9.17, 15) is 19.7 Å². The summed E-state index contributed by atoms with van der Waals surface area (Å²) in [5.41, 5.74) is 2.94. The first-order chi connectivity index (χ1) is 14.3. The number of nitrogens with zero attached hydrogens (tertiary/aromatic N) is 2. The molecule has 2 aromatic carbocycles. The summed E-state index contributed by atoms with van der Waals surface area (Å²) in [6.07, 6.45) is 1.61. The first-order valence-corrected chi connectivity index (χ1v) is 9.86. The lowest BCUT2D eigenvalue weighted by Crippen LogP contribution is -2.42. The number of hydrogen-bond donors (Lipinski definition) is 1. The fourth-order valence-corrected chi connectivity index (χ4v) is 3.41. The highest BCUT2D eigenvalue weighted by atomic mass is 16.6. The molecule has 1 heterocycles. The van der Waals surface area contributed by atoms with E-state index in [1.54, 1.807) is 0 Å². The first-order valence-electron chi connectivity index (χ1n) is 9.86. The van der Waals surface area contributed by atoms with Crippen molar-refractivity contribution in [3.8, 4) is 0 Å². The van der Waals surface area contributed by atoms with Crippen molar-refractivity contribution >= 4 is 23.2 Å². The average molecular weight is 411 g/mol. The topological polar surface area (TPSA) is 102 Å². The van der Waals surface area contributed by atoms with Gasteiger partial charge in [0.2, 0.25) is 5.91 Å². The van der Waals surface area contributed by atoms with Gasteiger partial charge in [-0.25, -0.2) is 0 Å². The molecule has 0 saturated carbocycles. The summed E-state index contributed by atoms with van der Waals surface area (Å²) < 4.78 is 5.64. The highest BCUT2D eigenvalue weighted by molar-refractivity contribution is 5.99. The lowest BCUT2D eigenvalue weighted by molar-refractivity contribution is -0.384. The molecule has 8 heteroatoms. The number of nitro benzene ring substituents is 1. The smallest absolute Gasteiger partial charge is 0.269 e. The number of anilines is 1. The summed E-state index contributed by atoms with van der Waals surface area (Å²) in [7, 11) is 0. The molecule has 0 unspecified atom stereocenters. The molecular weight excluding hydrogens is 386 g/mol. The molecule has 1 N–H and O–H groups in total. The van der Waals surface area contributed by atoms with Gasteiger partial charge in [0.15, 0.2) is 0 Å². The zero-order valence-corrected chi connectivity index (χ0v) is 17.1. The minimum atomic E-state index is -0.518. The third-order valence-electron chi connectivity index (χ3n) is 5.27. The van der Waals surface area contributed by atoms with Crippen LogP contribution in [0.1, 0.15) is 34.3 Å². The van der Waals surface area contributed by atoms with E-state index in [2.05, 4.69) is 5.32 Å². The van der Waals surface area contributed by atoms with E-state index < -0.39 is 4.92 Å². The van der Waals surface area contributed by atoms with Gasteiger partial charge in [0.05, 0.1) is 11.0 Å². The van der Waals surface area contributed by atoms with Crippen molar-refractivity contribution < 1.29 is 19.2 Å². The van der Waals surface area contributed by atoms with Gasteiger partial charge in [0.25, 0.3) is 11.6 Å². The lowest BCUT2D eigenvalue weighted by Gasteiger charge is -2.25. The molecule has 3 rings (SSSR count). The second kappa shape index (κ2) is 9.49. The lowest BCUT2D eigenvalue weighted by atomic mass is 10.1. The van der Waals surface area contributed by atoms with E-state index in [-0.39, 0.29) is 42.3 Å². The number of rotatable bonds is 7. The molecule has 1 fully saturated rings. The van der Waals surface area contributed by atoms with E-state index >= 15 is 0 Å². The molecule has 2 aromatic rings. The van der Waals surface area contributed by atoms with Crippen molar-refractivity contribution in [2.45, 2.75) is 32.8 Å². The summed E-state index contributed by atoms with van der Waals surface area (Å²) in [5, 5.41) is 13.7. The second-order valence-electron chi connectivity index (χ2n) is 7.42. The van der Waals surface area contributed by atoms with Gasteiger partial charge in [-0.3, -0.25) is 19.7 Å². The number of non-ortho nitro benzene ring substituents is 1. The minimum absolute atomic E-state index is 0.0927. The molecule has 1 atom stereocenters. The van der Waals surface area contributed by atoms with Gasteiger partial charge in [-0.15, -0.1) is 0 Å². The second-order valence-corrected chi connectivity index (χ2v) is 7.42. The minimum Gasteiger partial charge on any atom is -0.376 e. The summed E-state index contributed by atoms with van der Waals surface area (Å²) in [4.78, 5) is 37.5. The normalized spacial score (nSPS) is 15.6. The Morgan fingerprint density at radius 3 is 2.57 bits per heavy atom. The molecule has 1 aliphatic rings. The SMILES string of the molecule is Cc1cccc(NC(=O)CN(C[C@H]2CCCO2)C(=O)c2ccc([N+](=O)[O-])cc2)c1C. The van der Waals surface area contributed by atoms with Crippen molar-refractivity contribution in [1.29, 1.82) is 0 Å². The third-order valence-corrected chi connectivity index (χ3v) is 5.27. The van der Waals surface area contributed by atoms with Gasteiger partial charge < -0.3 is 15.0 Å². The summed E-state index contributed by atoms with van der Waals surface area (Å²) in [6, 6.07) is 11.0. The van der Waals surface area contributed by atoms with Crippen LogP contribution in [0.4, 0.5) is 11.4 Å². The Labute approximate surface area is 175 Å². The van der Waals surface area contributed by atoms with Crippen LogP contribution in [0.2, 0.25) is 0 Å². The van der Waals surface area contributed by atoms with Crippen molar-refractivity contribution in [1.82, 2.24) is 4.90 Å². The van der Waals surface area contributed by atoms with E-state index in [0.29, 0.717) is 12.3 Å². The fraction of sp³-hybridized carbons (Fsp3) is 0.364. The van der Waals surface area contributed by atoms with Gasteiger partial charge in [0.1, 0.15) is 6.54 Å². The number of carbonyl (C=O) groups excluding carboxylic acids is 2. The van der Waals surface area contributed by atoms with Crippen LogP contribution in [0.25, 0.3) is 0 Å². The van der Waals surface area contributed by atoms with Crippen molar-refractivity contribution in [2.75, 3.05) is 25.0 Å². The van der Waals surface area contributed by atoms with Gasteiger partial charge in [-0.2, -0.15) is 0 Å². The van der Waals surface area contributed by atoms with Crippen LogP contribution in [0.15, 0.2) is 42.5 Å². The molecule has 0 aromatic heterocycles. The fourth-order valence-electron chi connectivity index (χ4n) is 3.41. The third kappa shape index (κ3) is 5.21. The number of nitro groups is 1. The number of ether oxygens (including phenoxy) is 1. The molecule has 0 aliphatic carbocycles. The van der Waals surface area contributed by atoms with E-state index in [0.717, 1.165) is 24.0 Å². The Bertz CT molecular complexity index is 936. The quantitative estimate of drug-likeness (QED) is 0.555. The average Bonchev–Trinajstić information content (AvgIpc) is 3.23. The number of benzene rings is 2. The highest BCUT2D eigenvalue weighted by Crippen LogP contribution is 2.20. The zero-order valence-electron chi connectivity index (χ0n) is 17.1. The first kappa shape index (κ1) is 21.4. The Morgan fingerprint density at radius 2 is 1.93 bits per heavy atom. The van der Waals surface area contributed by atoms with Crippen LogP contribution in [0.5, 0.6) is 0 Å². The number of aryl methyl sites for hydroxylation is 1. The van der Waals surface area contributed by atoms with Gasteiger partial charge in [-0.1, -0.05) is 12.1 Å². The summed E-state index contributed by atoms with van der Waals surface area (Å²) in [5.74, 6) is -0.673. The Kier molecular flexibility index (Phi) is 6.79.